The molecule has 0 spiro atoms. The van der Waals surface area contributed by atoms with Gasteiger partial charge in [-0.25, -0.2) is 0 Å². The maximum absolute atomic E-state index is 8.92. The minimum atomic E-state index is -0.202. The monoisotopic (exact) mass is 264 g/mol. The summed E-state index contributed by atoms with van der Waals surface area (Å²) >= 11 is 6.06. The summed E-state index contributed by atoms with van der Waals surface area (Å²) in [5.41, 5.74) is 1.99. The van der Waals surface area contributed by atoms with Gasteiger partial charge in [-0.1, -0.05) is 24.1 Å². The molecular weight excluding hydrogens is 244 g/mol. The van der Waals surface area contributed by atoms with Crippen molar-refractivity contribution in [1.29, 1.82) is 5.26 Å². The predicted octanol–water partition coefficient (Wildman–Crippen LogP) is 4.78. The molecule has 18 heavy (non-hydrogen) atoms. The second-order valence-electron chi connectivity index (χ2n) is 5.29. The van der Waals surface area contributed by atoms with Crippen molar-refractivity contribution >= 4 is 17.3 Å². The average Bonchev–Trinajstić information content (AvgIpc) is 2.34. The molecular formula is C15H21ClN2. The van der Waals surface area contributed by atoms with Crippen LogP contribution in [-0.2, 0) is 0 Å². The molecule has 1 aromatic carbocycles. The number of nitrogens with one attached hydrogen (secondary N) is 1. The Morgan fingerprint density at radius 2 is 2.06 bits per heavy atom. The zero-order chi connectivity index (χ0) is 13.6. The number of nitrogens with zero attached hydrogens (tertiary/aromatic N) is 1. The Hall–Kier alpha value is -1.20. The smallest absolute Gasteiger partial charge is 0.0683 e. The number of hydrogen-bond acceptors (Lipinski definition) is 2. The van der Waals surface area contributed by atoms with Crippen LogP contribution in [0.25, 0.3) is 0 Å². The van der Waals surface area contributed by atoms with Crippen LogP contribution >= 0.6 is 11.6 Å². The van der Waals surface area contributed by atoms with E-state index < -0.39 is 0 Å². The molecule has 0 aliphatic carbocycles. The molecule has 0 aliphatic heterocycles. The molecule has 3 heteroatoms. The third kappa shape index (κ3) is 4.58. The van der Waals surface area contributed by atoms with E-state index in [0.717, 1.165) is 42.1 Å². The molecule has 0 saturated carbocycles. The van der Waals surface area contributed by atoms with E-state index in [-0.39, 0.29) is 5.41 Å². The van der Waals surface area contributed by atoms with Crippen LogP contribution in [0.15, 0.2) is 18.2 Å². The van der Waals surface area contributed by atoms with Gasteiger partial charge in [-0.05, 0) is 51.3 Å². The number of hydrogen-bond donors (Lipinski definition) is 1. The standard InChI is InChI=1S/C15H21ClN2/c1-12-13(16)7-6-8-14(12)18-10-5-4-9-15(2,3)11-17/h6-8,18H,4-5,9-10H2,1-3H3. The molecule has 0 saturated heterocycles. The second-order valence-corrected chi connectivity index (χ2v) is 5.70. The van der Waals surface area contributed by atoms with Crippen LogP contribution in [0.4, 0.5) is 5.69 Å². The van der Waals surface area contributed by atoms with Crippen LogP contribution in [0.3, 0.4) is 0 Å². The fraction of sp³-hybridized carbons (Fsp3) is 0.533. The fourth-order valence-corrected chi connectivity index (χ4v) is 1.94. The number of nitriles is 1. The summed E-state index contributed by atoms with van der Waals surface area (Å²) in [5.74, 6) is 0. The van der Waals surface area contributed by atoms with Gasteiger partial charge in [0.25, 0.3) is 0 Å². The molecule has 0 fully saturated rings. The van der Waals surface area contributed by atoms with Gasteiger partial charge in [0.1, 0.15) is 0 Å². The highest BCUT2D eigenvalue weighted by atomic mass is 35.5. The largest absolute Gasteiger partial charge is 0.385 e. The van der Waals surface area contributed by atoms with Gasteiger partial charge in [-0.2, -0.15) is 5.26 Å². The van der Waals surface area contributed by atoms with E-state index in [1.807, 2.05) is 39.0 Å². The van der Waals surface area contributed by atoms with Gasteiger partial charge in [-0.15, -0.1) is 0 Å². The summed E-state index contributed by atoms with van der Waals surface area (Å²) in [6, 6.07) is 8.23. The van der Waals surface area contributed by atoms with E-state index in [1.165, 1.54) is 0 Å². The first-order chi connectivity index (χ1) is 8.46. The summed E-state index contributed by atoms with van der Waals surface area (Å²) in [6.45, 7) is 6.91. The average molecular weight is 265 g/mol. The molecule has 1 N–H and O–H groups in total. The van der Waals surface area contributed by atoms with E-state index in [1.54, 1.807) is 0 Å². The highest BCUT2D eigenvalue weighted by Crippen LogP contribution is 2.24. The second kappa shape index (κ2) is 6.66. The Labute approximate surface area is 115 Å². The van der Waals surface area contributed by atoms with E-state index >= 15 is 0 Å². The third-order valence-electron chi connectivity index (χ3n) is 3.11. The van der Waals surface area contributed by atoms with Crippen molar-refractivity contribution in [2.24, 2.45) is 5.41 Å². The van der Waals surface area contributed by atoms with Crippen molar-refractivity contribution in [3.8, 4) is 6.07 Å². The molecule has 0 heterocycles. The van der Waals surface area contributed by atoms with Crippen LogP contribution in [0.1, 0.15) is 38.7 Å². The Morgan fingerprint density at radius 1 is 1.33 bits per heavy atom. The van der Waals surface area contributed by atoms with Crippen LogP contribution < -0.4 is 5.32 Å². The van der Waals surface area contributed by atoms with Crippen molar-refractivity contribution in [3.63, 3.8) is 0 Å². The van der Waals surface area contributed by atoms with Crippen LogP contribution in [0.5, 0.6) is 0 Å². The molecule has 1 rings (SSSR count). The summed E-state index contributed by atoms with van der Waals surface area (Å²) < 4.78 is 0. The Balaban J connectivity index is 2.31. The van der Waals surface area contributed by atoms with Gasteiger partial charge in [0.05, 0.1) is 11.5 Å². The summed E-state index contributed by atoms with van der Waals surface area (Å²) in [7, 11) is 0. The lowest BCUT2D eigenvalue weighted by molar-refractivity contribution is 0.430. The normalized spacial score (nSPS) is 11.1. The minimum Gasteiger partial charge on any atom is -0.385 e. The van der Waals surface area contributed by atoms with Gasteiger partial charge in [0.2, 0.25) is 0 Å². The van der Waals surface area contributed by atoms with Crippen LogP contribution in [0, 0.1) is 23.7 Å². The highest BCUT2D eigenvalue weighted by molar-refractivity contribution is 6.31. The van der Waals surface area contributed by atoms with E-state index in [9.17, 15) is 0 Å². The SMILES string of the molecule is Cc1c(Cl)cccc1NCCCCC(C)(C)C#N. The van der Waals surface area contributed by atoms with Gasteiger partial charge in [-0.3, -0.25) is 0 Å². The number of rotatable bonds is 6. The maximum atomic E-state index is 8.92. The van der Waals surface area contributed by atoms with E-state index in [2.05, 4.69) is 11.4 Å². The van der Waals surface area contributed by atoms with Gasteiger partial charge < -0.3 is 5.32 Å². The number of unbranched alkanes of at least 4 members (excludes halogenated alkanes) is 1. The topological polar surface area (TPSA) is 35.8 Å². The third-order valence-corrected chi connectivity index (χ3v) is 3.52. The molecule has 0 aliphatic rings. The van der Waals surface area contributed by atoms with Crippen molar-refractivity contribution in [2.45, 2.75) is 40.0 Å². The van der Waals surface area contributed by atoms with Gasteiger partial charge in [0, 0.05) is 17.3 Å². The zero-order valence-electron chi connectivity index (χ0n) is 11.4. The van der Waals surface area contributed by atoms with Gasteiger partial charge in [0.15, 0.2) is 0 Å². The molecule has 0 atom stereocenters. The maximum Gasteiger partial charge on any atom is 0.0683 e. The van der Waals surface area contributed by atoms with Crippen LogP contribution in [-0.4, -0.2) is 6.54 Å². The molecule has 98 valence electrons. The molecule has 0 amide bonds. The quantitative estimate of drug-likeness (QED) is 0.751. The summed E-state index contributed by atoms with van der Waals surface area (Å²) in [6.07, 6.45) is 3.07. The summed E-state index contributed by atoms with van der Waals surface area (Å²) in [4.78, 5) is 0. The van der Waals surface area contributed by atoms with E-state index in [0.29, 0.717) is 0 Å². The minimum absolute atomic E-state index is 0.202. The molecule has 1 aromatic rings. The fourth-order valence-electron chi connectivity index (χ4n) is 1.77. The number of anilines is 1. The number of benzene rings is 1. The molecule has 0 unspecified atom stereocenters. The first-order valence-corrected chi connectivity index (χ1v) is 6.74. The molecule has 0 bridgehead atoms. The van der Waals surface area contributed by atoms with Crippen LogP contribution in [0.2, 0.25) is 5.02 Å². The van der Waals surface area contributed by atoms with Crippen molar-refractivity contribution in [2.75, 3.05) is 11.9 Å². The number of halogens is 1. The van der Waals surface area contributed by atoms with Crippen molar-refractivity contribution in [1.82, 2.24) is 0 Å². The highest BCUT2D eigenvalue weighted by Gasteiger charge is 2.15. The Bertz CT molecular complexity index is 433. The Kier molecular flexibility index (Phi) is 5.50. The lowest BCUT2D eigenvalue weighted by atomic mass is 9.89. The summed E-state index contributed by atoms with van der Waals surface area (Å²) in [5, 5.41) is 13.1. The van der Waals surface area contributed by atoms with E-state index in [4.69, 9.17) is 16.9 Å². The van der Waals surface area contributed by atoms with Crippen molar-refractivity contribution < 1.29 is 0 Å². The lowest BCUT2D eigenvalue weighted by Crippen LogP contribution is -2.09. The lowest BCUT2D eigenvalue weighted by Gasteiger charge is -2.15. The van der Waals surface area contributed by atoms with Gasteiger partial charge >= 0.3 is 0 Å². The predicted molar refractivity (Wildman–Crippen MR) is 77.9 cm³/mol. The Morgan fingerprint density at radius 3 is 2.72 bits per heavy atom. The first-order valence-electron chi connectivity index (χ1n) is 6.36. The molecule has 2 nitrogen and oxygen atoms in total. The molecule has 0 aromatic heterocycles. The zero-order valence-corrected chi connectivity index (χ0v) is 12.1. The first kappa shape index (κ1) is 14.9. The molecule has 0 radical (unpaired) electrons. The van der Waals surface area contributed by atoms with Crippen molar-refractivity contribution in [3.05, 3.63) is 28.8 Å².